The highest BCUT2D eigenvalue weighted by Gasteiger charge is 2.11. The van der Waals surface area contributed by atoms with Crippen LogP contribution in [0.25, 0.3) is 32.3 Å². The van der Waals surface area contributed by atoms with Gasteiger partial charge < -0.3 is 4.74 Å². The molecule has 0 saturated carbocycles. The van der Waals surface area contributed by atoms with Gasteiger partial charge in [0.15, 0.2) is 0 Å². The molecule has 0 bridgehead atoms. The van der Waals surface area contributed by atoms with Gasteiger partial charge in [0.2, 0.25) is 0 Å². The fourth-order valence-corrected chi connectivity index (χ4v) is 2.92. The molecule has 0 atom stereocenters. The molecule has 4 rings (SSSR count). The van der Waals surface area contributed by atoms with Gasteiger partial charge in [-0.2, -0.15) is 0 Å². The molecule has 0 unspecified atom stereocenters. The summed E-state index contributed by atoms with van der Waals surface area (Å²) in [7, 11) is 0. The standard InChI is InChI=1S/C18H12O/c1-2-19-16-11-14-7-3-5-12-9-10-13-6-4-8-15(16)18(13)17(12)14/h2-11H,1H2. The van der Waals surface area contributed by atoms with Crippen LogP contribution < -0.4 is 4.74 Å². The first kappa shape index (κ1) is 10.4. The molecule has 0 radical (unpaired) electrons. The van der Waals surface area contributed by atoms with E-state index in [0.717, 1.165) is 11.1 Å². The summed E-state index contributed by atoms with van der Waals surface area (Å²) in [5.41, 5.74) is 0. The maximum absolute atomic E-state index is 5.59. The Morgan fingerprint density at radius 3 is 2.26 bits per heavy atom. The number of rotatable bonds is 2. The third kappa shape index (κ3) is 1.36. The molecule has 4 aromatic carbocycles. The molecule has 0 aromatic heterocycles. The average molecular weight is 244 g/mol. The van der Waals surface area contributed by atoms with Crippen LogP contribution in [0.1, 0.15) is 0 Å². The maximum Gasteiger partial charge on any atom is 0.134 e. The molecule has 19 heavy (non-hydrogen) atoms. The minimum absolute atomic E-state index is 0.867. The fraction of sp³-hybridized carbons (Fsp3) is 0. The van der Waals surface area contributed by atoms with Crippen LogP contribution in [0.15, 0.2) is 67.4 Å². The molecule has 1 heteroatoms. The van der Waals surface area contributed by atoms with Gasteiger partial charge in [0, 0.05) is 10.8 Å². The zero-order chi connectivity index (χ0) is 12.8. The van der Waals surface area contributed by atoms with Gasteiger partial charge in [0.25, 0.3) is 0 Å². The van der Waals surface area contributed by atoms with Crippen LogP contribution in [0, 0.1) is 0 Å². The van der Waals surface area contributed by atoms with Crippen LogP contribution in [0.4, 0.5) is 0 Å². The Morgan fingerprint density at radius 2 is 1.47 bits per heavy atom. The summed E-state index contributed by atoms with van der Waals surface area (Å²) < 4.78 is 5.59. The van der Waals surface area contributed by atoms with Crippen molar-refractivity contribution in [1.82, 2.24) is 0 Å². The third-order valence-electron chi connectivity index (χ3n) is 3.68. The molecule has 4 aromatic rings. The normalized spacial score (nSPS) is 11.4. The van der Waals surface area contributed by atoms with Crippen LogP contribution in [0.3, 0.4) is 0 Å². The second kappa shape index (κ2) is 3.72. The van der Waals surface area contributed by atoms with Crippen molar-refractivity contribution in [3.05, 3.63) is 67.4 Å². The van der Waals surface area contributed by atoms with Crippen molar-refractivity contribution in [2.45, 2.75) is 0 Å². The van der Waals surface area contributed by atoms with Crippen molar-refractivity contribution in [1.29, 1.82) is 0 Å². The second-order valence-corrected chi connectivity index (χ2v) is 4.71. The van der Waals surface area contributed by atoms with Gasteiger partial charge in [-0.1, -0.05) is 55.1 Å². The van der Waals surface area contributed by atoms with Crippen LogP contribution in [0.5, 0.6) is 5.75 Å². The predicted octanol–water partition coefficient (Wildman–Crippen LogP) is 5.11. The van der Waals surface area contributed by atoms with Gasteiger partial charge >= 0.3 is 0 Å². The Kier molecular flexibility index (Phi) is 2.04. The number of benzene rings is 4. The Bertz CT molecular complexity index is 905. The molecular formula is C18H12O. The Morgan fingerprint density at radius 1 is 0.789 bits per heavy atom. The monoisotopic (exact) mass is 244 g/mol. The number of hydrogen-bond donors (Lipinski definition) is 0. The first-order valence-corrected chi connectivity index (χ1v) is 6.32. The highest BCUT2D eigenvalue weighted by Crippen LogP contribution is 2.39. The van der Waals surface area contributed by atoms with Crippen molar-refractivity contribution in [3.8, 4) is 5.75 Å². The lowest BCUT2D eigenvalue weighted by Crippen LogP contribution is -1.88. The van der Waals surface area contributed by atoms with Crippen LogP contribution in [-0.2, 0) is 0 Å². The van der Waals surface area contributed by atoms with E-state index in [9.17, 15) is 0 Å². The third-order valence-corrected chi connectivity index (χ3v) is 3.68. The molecule has 1 nitrogen and oxygen atoms in total. The molecule has 0 spiro atoms. The lowest BCUT2D eigenvalue weighted by atomic mass is 9.94. The lowest BCUT2D eigenvalue weighted by Gasteiger charge is -2.13. The molecule has 0 N–H and O–H groups in total. The number of ether oxygens (including phenoxy) is 1. The van der Waals surface area contributed by atoms with Gasteiger partial charge in [-0.05, 0) is 27.6 Å². The summed E-state index contributed by atoms with van der Waals surface area (Å²) in [5, 5.41) is 7.45. The van der Waals surface area contributed by atoms with Crippen molar-refractivity contribution in [2.75, 3.05) is 0 Å². The predicted molar refractivity (Wildman–Crippen MR) is 81.0 cm³/mol. The Labute approximate surface area is 111 Å². The number of hydrogen-bond acceptors (Lipinski definition) is 1. The Balaban J connectivity index is 2.35. The highest BCUT2D eigenvalue weighted by molar-refractivity contribution is 6.24. The average Bonchev–Trinajstić information content (AvgIpc) is 2.46. The topological polar surface area (TPSA) is 9.23 Å². The summed E-state index contributed by atoms with van der Waals surface area (Å²) >= 11 is 0. The second-order valence-electron chi connectivity index (χ2n) is 4.71. The van der Waals surface area contributed by atoms with E-state index in [2.05, 4.69) is 61.2 Å². The lowest BCUT2D eigenvalue weighted by molar-refractivity contribution is 0.490. The van der Waals surface area contributed by atoms with E-state index in [-0.39, 0.29) is 0 Å². The van der Waals surface area contributed by atoms with Crippen LogP contribution in [-0.4, -0.2) is 0 Å². The molecule has 90 valence electrons. The van der Waals surface area contributed by atoms with Crippen molar-refractivity contribution in [3.63, 3.8) is 0 Å². The fourth-order valence-electron chi connectivity index (χ4n) is 2.92. The minimum Gasteiger partial charge on any atom is -0.465 e. The molecule has 0 heterocycles. The molecule has 0 aliphatic rings. The van der Waals surface area contributed by atoms with E-state index in [0.29, 0.717) is 0 Å². The smallest absolute Gasteiger partial charge is 0.134 e. The van der Waals surface area contributed by atoms with E-state index in [1.807, 2.05) is 0 Å². The van der Waals surface area contributed by atoms with E-state index in [1.54, 1.807) is 0 Å². The summed E-state index contributed by atoms with van der Waals surface area (Å²) in [6, 6.07) is 19.1. The van der Waals surface area contributed by atoms with Gasteiger partial charge in [-0.3, -0.25) is 0 Å². The summed E-state index contributed by atoms with van der Waals surface area (Å²) in [4.78, 5) is 0. The molecule has 0 saturated heterocycles. The van der Waals surface area contributed by atoms with Gasteiger partial charge in [0.1, 0.15) is 5.75 Å². The van der Waals surface area contributed by atoms with Gasteiger partial charge in [-0.15, -0.1) is 0 Å². The van der Waals surface area contributed by atoms with Crippen molar-refractivity contribution in [2.24, 2.45) is 0 Å². The van der Waals surface area contributed by atoms with E-state index < -0.39 is 0 Å². The Hall–Kier alpha value is -2.54. The molecule has 0 aliphatic carbocycles. The zero-order valence-electron chi connectivity index (χ0n) is 10.4. The first-order valence-electron chi connectivity index (χ1n) is 6.32. The summed E-state index contributed by atoms with van der Waals surface area (Å²) in [5.74, 6) is 0.867. The summed E-state index contributed by atoms with van der Waals surface area (Å²) in [6.45, 7) is 3.66. The quantitative estimate of drug-likeness (QED) is 0.352. The van der Waals surface area contributed by atoms with E-state index in [4.69, 9.17) is 4.74 Å². The first-order chi connectivity index (χ1) is 9.38. The highest BCUT2D eigenvalue weighted by atomic mass is 16.5. The van der Waals surface area contributed by atoms with Gasteiger partial charge in [-0.25, -0.2) is 0 Å². The summed E-state index contributed by atoms with van der Waals surface area (Å²) in [6.07, 6.45) is 1.48. The maximum atomic E-state index is 5.59. The van der Waals surface area contributed by atoms with Crippen LogP contribution >= 0.6 is 0 Å². The van der Waals surface area contributed by atoms with Crippen molar-refractivity contribution < 1.29 is 4.74 Å². The van der Waals surface area contributed by atoms with E-state index >= 15 is 0 Å². The minimum atomic E-state index is 0.867. The molecular weight excluding hydrogens is 232 g/mol. The van der Waals surface area contributed by atoms with Gasteiger partial charge in [0.05, 0.1) is 6.26 Å². The SMILES string of the molecule is C=COc1cc2cccc3ccc4cccc1c4c32. The van der Waals surface area contributed by atoms with Crippen LogP contribution in [0.2, 0.25) is 0 Å². The molecule has 0 aliphatic heterocycles. The van der Waals surface area contributed by atoms with E-state index in [1.165, 1.54) is 33.2 Å². The largest absolute Gasteiger partial charge is 0.465 e. The van der Waals surface area contributed by atoms with Crippen molar-refractivity contribution >= 4 is 32.3 Å². The zero-order valence-corrected chi connectivity index (χ0v) is 10.4. The molecule has 0 amide bonds. The molecule has 0 fully saturated rings.